The van der Waals surface area contributed by atoms with Gasteiger partial charge in [0, 0.05) is 16.7 Å². The van der Waals surface area contributed by atoms with Gasteiger partial charge in [-0.15, -0.1) is 0 Å². The van der Waals surface area contributed by atoms with Crippen LogP contribution in [0.15, 0.2) is 48.5 Å². The first-order chi connectivity index (χ1) is 9.60. The number of carbonyl (C=O) groups excluding carboxylic acids is 1. The number of carbonyl (C=O) groups is 1. The van der Waals surface area contributed by atoms with E-state index < -0.39 is 6.10 Å². The monoisotopic (exact) mass is 290 g/mol. The molecule has 1 atom stereocenters. The second kappa shape index (κ2) is 6.44. The summed E-state index contributed by atoms with van der Waals surface area (Å²) in [5.74, 6) is 1.16. The van der Waals surface area contributed by atoms with E-state index in [4.69, 9.17) is 21.1 Å². The van der Waals surface area contributed by atoms with Crippen molar-refractivity contribution in [2.24, 2.45) is 0 Å². The molecule has 20 heavy (non-hydrogen) atoms. The van der Waals surface area contributed by atoms with Crippen molar-refractivity contribution in [1.82, 2.24) is 0 Å². The highest BCUT2D eigenvalue weighted by atomic mass is 35.5. The van der Waals surface area contributed by atoms with Crippen LogP contribution in [-0.4, -0.2) is 19.0 Å². The van der Waals surface area contributed by atoms with E-state index in [1.807, 2.05) is 12.1 Å². The van der Waals surface area contributed by atoms with Crippen LogP contribution in [0.2, 0.25) is 5.02 Å². The third-order valence-corrected chi connectivity index (χ3v) is 3.07. The number of ketones is 1. The highest BCUT2D eigenvalue weighted by Crippen LogP contribution is 2.21. The van der Waals surface area contributed by atoms with E-state index in [9.17, 15) is 4.79 Å². The van der Waals surface area contributed by atoms with E-state index in [1.165, 1.54) is 0 Å². The summed E-state index contributed by atoms with van der Waals surface area (Å²) in [7, 11) is 1.58. The molecule has 0 spiro atoms. The zero-order valence-electron chi connectivity index (χ0n) is 11.3. The maximum absolute atomic E-state index is 12.2. The summed E-state index contributed by atoms with van der Waals surface area (Å²) in [5, 5.41) is 0.532. The van der Waals surface area contributed by atoms with E-state index in [1.54, 1.807) is 50.4 Å². The third-order valence-electron chi connectivity index (χ3n) is 2.83. The normalized spacial score (nSPS) is 11.8. The molecule has 0 heterocycles. The minimum Gasteiger partial charge on any atom is -0.497 e. The molecule has 1 unspecified atom stereocenters. The number of Topliss-reactive ketones (excluding diaryl/α,β-unsaturated/α-hetero) is 1. The molecule has 0 amide bonds. The van der Waals surface area contributed by atoms with Gasteiger partial charge in [-0.05, 0) is 31.2 Å². The molecule has 0 aliphatic carbocycles. The lowest BCUT2D eigenvalue weighted by molar-refractivity contribution is 0.0817. The SMILES string of the molecule is COc1cccc(OC(C)C(=O)c2cccc(Cl)c2)c1. The Labute approximate surface area is 123 Å². The Morgan fingerprint density at radius 3 is 2.50 bits per heavy atom. The minimum absolute atomic E-state index is 0.115. The molecule has 2 rings (SSSR count). The first-order valence-corrected chi connectivity index (χ1v) is 6.58. The summed E-state index contributed by atoms with van der Waals surface area (Å²) in [5.41, 5.74) is 0.535. The van der Waals surface area contributed by atoms with Crippen molar-refractivity contribution >= 4 is 17.4 Å². The van der Waals surface area contributed by atoms with Gasteiger partial charge < -0.3 is 9.47 Å². The topological polar surface area (TPSA) is 35.5 Å². The molecular formula is C16H15ClO3. The maximum Gasteiger partial charge on any atom is 0.203 e. The van der Waals surface area contributed by atoms with Gasteiger partial charge in [-0.2, -0.15) is 0 Å². The van der Waals surface area contributed by atoms with Crippen molar-refractivity contribution in [3.8, 4) is 11.5 Å². The lowest BCUT2D eigenvalue weighted by Gasteiger charge is -2.14. The molecule has 4 heteroatoms. The molecule has 0 saturated carbocycles. The van der Waals surface area contributed by atoms with Crippen LogP contribution in [0.1, 0.15) is 17.3 Å². The van der Waals surface area contributed by atoms with Gasteiger partial charge in [0.05, 0.1) is 7.11 Å². The number of halogens is 1. The molecule has 0 radical (unpaired) electrons. The summed E-state index contributed by atoms with van der Waals surface area (Å²) < 4.78 is 10.8. The summed E-state index contributed by atoms with van der Waals surface area (Å²) in [6.45, 7) is 1.71. The Balaban J connectivity index is 2.11. The average molecular weight is 291 g/mol. The lowest BCUT2D eigenvalue weighted by Crippen LogP contribution is -2.23. The molecule has 0 aromatic heterocycles. The zero-order valence-corrected chi connectivity index (χ0v) is 12.1. The van der Waals surface area contributed by atoms with Gasteiger partial charge in [0.25, 0.3) is 0 Å². The number of benzene rings is 2. The Morgan fingerprint density at radius 2 is 1.80 bits per heavy atom. The predicted octanol–water partition coefficient (Wildman–Crippen LogP) is 4.00. The number of hydrogen-bond donors (Lipinski definition) is 0. The molecule has 0 aliphatic heterocycles. The fraction of sp³-hybridized carbons (Fsp3) is 0.188. The van der Waals surface area contributed by atoms with Crippen molar-refractivity contribution in [2.75, 3.05) is 7.11 Å². The second-order valence-corrected chi connectivity index (χ2v) is 4.75. The van der Waals surface area contributed by atoms with Crippen molar-refractivity contribution < 1.29 is 14.3 Å². The van der Waals surface area contributed by atoms with Crippen molar-refractivity contribution in [3.63, 3.8) is 0 Å². The fourth-order valence-electron chi connectivity index (χ4n) is 1.81. The standard InChI is InChI=1S/C16H15ClO3/c1-11(16(18)12-5-3-6-13(17)9-12)20-15-8-4-7-14(10-15)19-2/h3-11H,1-2H3. The molecule has 0 aliphatic rings. The Hall–Kier alpha value is -2.00. The quantitative estimate of drug-likeness (QED) is 0.781. The first-order valence-electron chi connectivity index (χ1n) is 6.20. The minimum atomic E-state index is -0.597. The van der Waals surface area contributed by atoms with Crippen molar-refractivity contribution in [2.45, 2.75) is 13.0 Å². The smallest absolute Gasteiger partial charge is 0.203 e. The van der Waals surface area contributed by atoms with Gasteiger partial charge in [0.2, 0.25) is 5.78 Å². The molecule has 104 valence electrons. The van der Waals surface area contributed by atoms with Gasteiger partial charge in [0.15, 0.2) is 6.10 Å². The van der Waals surface area contributed by atoms with Crippen LogP contribution < -0.4 is 9.47 Å². The van der Waals surface area contributed by atoms with Crippen LogP contribution in [-0.2, 0) is 0 Å². The van der Waals surface area contributed by atoms with Crippen LogP contribution in [0.4, 0.5) is 0 Å². The third kappa shape index (κ3) is 3.52. The van der Waals surface area contributed by atoms with E-state index in [0.29, 0.717) is 22.1 Å². The molecule has 2 aromatic rings. The highest BCUT2D eigenvalue weighted by Gasteiger charge is 2.17. The second-order valence-electron chi connectivity index (χ2n) is 4.31. The summed E-state index contributed by atoms with van der Waals surface area (Å²) in [4.78, 5) is 12.2. The van der Waals surface area contributed by atoms with Gasteiger partial charge >= 0.3 is 0 Å². The molecule has 0 fully saturated rings. The predicted molar refractivity (Wildman–Crippen MR) is 78.9 cm³/mol. The first kappa shape index (κ1) is 14.4. The zero-order chi connectivity index (χ0) is 14.5. The number of rotatable bonds is 5. The Bertz CT molecular complexity index is 610. The van der Waals surface area contributed by atoms with Crippen molar-refractivity contribution in [3.05, 3.63) is 59.1 Å². The van der Waals surface area contributed by atoms with E-state index in [2.05, 4.69) is 0 Å². The van der Waals surface area contributed by atoms with Gasteiger partial charge in [0.1, 0.15) is 11.5 Å². The van der Waals surface area contributed by atoms with Crippen LogP contribution in [0.5, 0.6) is 11.5 Å². The summed E-state index contributed by atoms with van der Waals surface area (Å²) in [6, 6.07) is 14.0. The van der Waals surface area contributed by atoms with Crippen molar-refractivity contribution in [1.29, 1.82) is 0 Å². The van der Waals surface area contributed by atoms with E-state index in [-0.39, 0.29) is 5.78 Å². The molecular weight excluding hydrogens is 276 g/mol. The molecule has 0 saturated heterocycles. The van der Waals surface area contributed by atoms with Crippen LogP contribution in [0.25, 0.3) is 0 Å². The summed E-state index contributed by atoms with van der Waals surface area (Å²) >= 11 is 5.88. The number of hydrogen-bond acceptors (Lipinski definition) is 3. The molecule has 3 nitrogen and oxygen atoms in total. The van der Waals surface area contributed by atoms with Gasteiger partial charge in [-0.25, -0.2) is 0 Å². The molecule has 0 N–H and O–H groups in total. The Kier molecular flexibility index (Phi) is 4.64. The van der Waals surface area contributed by atoms with Gasteiger partial charge in [-0.1, -0.05) is 29.8 Å². The van der Waals surface area contributed by atoms with Gasteiger partial charge in [-0.3, -0.25) is 4.79 Å². The lowest BCUT2D eigenvalue weighted by atomic mass is 10.1. The van der Waals surface area contributed by atoms with Crippen LogP contribution in [0, 0.1) is 0 Å². The fourth-order valence-corrected chi connectivity index (χ4v) is 2.00. The largest absolute Gasteiger partial charge is 0.497 e. The summed E-state index contributed by atoms with van der Waals surface area (Å²) in [6.07, 6.45) is -0.597. The Morgan fingerprint density at radius 1 is 1.10 bits per heavy atom. The molecule has 2 aromatic carbocycles. The number of methoxy groups -OCH3 is 1. The number of ether oxygens (including phenoxy) is 2. The van der Waals surface area contributed by atoms with E-state index >= 15 is 0 Å². The average Bonchev–Trinajstić information content (AvgIpc) is 2.46. The molecule has 0 bridgehead atoms. The van der Waals surface area contributed by atoms with E-state index in [0.717, 1.165) is 0 Å². The highest BCUT2D eigenvalue weighted by molar-refractivity contribution is 6.31. The maximum atomic E-state index is 12.2. The van der Waals surface area contributed by atoms with Crippen LogP contribution in [0.3, 0.4) is 0 Å². The van der Waals surface area contributed by atoms with Crippen LogP contribution >= 0.6 is 11.6 Å².